The summed E-state index contributed by atoms with van der Waals surface area (Å²) in [6.45, 7) is 2.80. The van der Waals surface area contributed by atoms with E-state index in [2.05, 4.69) is 6.92 Å². The molecule has 0 aliphatic rings. The van der Waals surface area contributed by atoms with Gasteiger partial charge in [-0.15, -0.1) is 0 Å². The molecule has 108 valence electrons. The fraction of sp³-hybridized carbons (Fsp3) is 0.600. The topological polar surface area (TPSA) is 37.4 Å². The summed E-state index contributed by atoms with van der Waals surface area (Å²) in [5, 5.41) is 0. The fourth-order valence-electron chi connectivity index (χ4n) is 2.12. The van der Waals surface area contributed by atoms with Gasteiger partial charge in [-0.1, -0.05) is 63.6 Å². The first-order chi connectivity index (χ1) is 9.25. The van der Waals surface area contributed by atoms with E-state index in [-0.39, 0.29) is 0 Å². The highest BCUT2D eigenvalue weighted by Gasteiger charge is 2.07. The number of para-hydroxylation sites is 1. The van der Waals surface area contributed by atoms with Crippen LogP contribution in [0, 0.1) is 0 Å². The van der Waals surface area contributed by atoms with Crippen LogP contribution in [-0.2, 0) is 10.9 Å². The molecule has 1 aromatic carbocycles. The number of unbranched alkanes of at least 4 members (excludes halogenated alkanes) is 6. The molecule has 0 aliphatic heterocycles. The second-order valence-electron chi connectivity index (χ2n) is 4.82. The molecule has 0 fully saturated rings. The minimum Gasteiger partial charge on any atom is -0.272 e. The summed E-state index contributed by atoms with van der Waals surface area (Å²) in [4.78, 5) is 0. The summed E-state index contributed by atoms with van der Waals surface area (Å²) in [6.07, 6.45) is 8.39. The summed E-state index contributed by atoms with van der Waals surface area (Å²) in [7, 11) is -2.54. The fourth-order valence-corrected chi connectivity index (χ4v) is 2.75. The Morgan fingerprint density at radius 3 is 2.05 bits per heavy atom. The summed E-state index contributed by atoms with van der Waals surface area (Å²) in [6, 6.07) is 9.31. The molecule has 3 nitrogen and oxygen atoms in total. The van der Waals surface area contributed by atoms with Gasteiger partial charge in [0.1, 0.15) is 0 Å². The SMILES string of the molecule is CCCCCCCCCN(c1ccccc1)[SH](=O)=O. The number of hydrogen-bond donors (Lipinski definition) is 1. The van der Waals surface area contributed by atoms with E-state index in [0.29, 0.717) is 6.54 Å². The van der Waals surface area contributed by atoms with Crippen molar-refractivity contribution in [1.29, 1.82) is 0 Å². The molecule has 0 radical (unpaired) electrons. The smallest absolute Gasteiger partial charge is 0.225 e. The third-order valence-corrected chi connectivity index (χ3v) is 4.05. The van der Waals surface area contributed by atoms with Crippen molar-refractivity contribution in [3.63, 3.8) is 0 Å². The summed E-state index contributed by atoms with van der Waals surface area (Å²) in [5.41, 5.74) is 0.768. The van der Waals surface area contributed by atoms with Gasteiger partial charge in [0.05, 0.1) is 5.69 Å². The molecule has 4 heteroatoms. The molecule has 0 aromatic heterocycles. The Labute approximate surface area is 118 Å². The normalized spacial score (nSPS) is 10.8. The van der Waals surface area contributed by atoms with Gasteiger partial charge in [-0.3, -0.25) is 4.31 Å². The van der Waals surface area contributed by atoms with Crippen molar-refractivity contribution < 1.29 is 8.42 Å². The molecule has 0 N–H and O–H groups in total. The Bertz CT molecular complexity index is 396. The maximum absolute atomic E-state index is 11.3. The summed E-state index contributed by atoms with van der Waals surface area (Å²) in [5.74, 6) is 0. The van der Waals surface area contributed by atoms with Gasteiger partial charge in [-0.25, -0.2) is 8.42 Å². The van der Waals surface area contributed by atoms with Gasteiger partial charge in [-0.05, 0) is 18.6 Å². The van der Waals surface area contributed by atoms with Crippen LogP contribution < -0.4 is 4.31 Å². The Hall–Kier alpha value is -1.03. The molecule has 0 atom stereocenters. The van der Waals surface area contributed by atoms with E-state index in [1.807, 2.05) is 30.3 Å². The van der Waals surface area contributed by atoms with E-state index in [4.69, 9.17) is 0 Å². The van der Waals surface area contributed by atoms with Crippen LogP contribution in [0.4, 0.5) is 5.69 Å². The Morgan fingerprint density at radius 2 is 1.47 bits per heavy atom. The quantitative estimate of drug-likeness (QED) is 0.524. The lowest BCUT2D eigenvalue weighted by Gasteiger charge is -2.17. The number of rotatable bonds is 10. The van der Waals surface area contributed by atoms with Crippen LogP contribution in [0.3, 0.4) is 0 Å². The molecular formula is C15H25NO2S. The maximum atomic E-state index is 11.3. The van der Waals surface area contributed by atoms with Gasteiger partial charge < -0.3 is 0 Å². The third-order valence-electron chi connectivity index (χ3n) is 3.22. The van der Waals surface area contributed by atoms with Crippen LogP contribution in [0.5, 0.6) is 0 Å². The monoisotopic (exact) mass is 283 g/mol. The van der Waals surface area contributed by atoms with Crippen LogP contribution in [0.15, 0.2) is 30.3 Å². The van der Waals surface area contributed by atoms with E-state index in [9.17, 15) is 8.42 Å². The predicted molar refractivity (Wildman–Crippen MR) is 82.1 cm³/mol. The zero-order valence-corrected chi connectivity index (χ0v) is 12.6. The number of benzene rings is 1. The van der Waals surface area contributed by atoms with Gasteiger partial charge in [0.2, 0.25) is 10.9 Å². The van der Waals surface area contributed by atoms with E-state index >= 15 is 0 Å². The highest BCUT2D eigenvalue weighted by molar-refractivity contribution is 7.74. The highest BCUT2D eigenvalue weighted by Crippen LogP contribution is 2.15. The minimum absolute atomic E-state index is 0.594. The van der Waals surface area contributed by atoms with Crippen LogP contribution >= 0.6 is 0 Å². The number of hydrogen-bond acceptors (Lipinski definition) is 2. The average Bonchev–Trinajstić information content (AvgIpc) is 2.42. The second-order valence-corrected chi connectivity index (χ2v) is 5.78. The lowest BCUT2D eigenvalue weighted by molar-refractivity contribution is 0.584. The Kier molecular flexibility index (Phi) is 8.30. The van der Waals surface area contributed by atoms with Crippen LogP contribution in [0.25, 0.3) is 0 Å². The Morgan fingerprint density at radius 1 is 0.895 bits per heavy atom. The van der Waals surface area contributed by atoms with Gasteiger partial charge in [0, 0.05) is 6.54 Å². The van der Waals surface area contributed by atoms with Crippen molar-refractivity contribution in [2.24, 2.45) is 0 Å². The first-order valence-corrected chi connectivity index (χ1v) is 8.35. The minimum atomic E-state index is -2.54. The predicted octanol–water partition coefficient (Wildman–Crippen LogP) is 3.77. The lowest BCUT2D eigenvalue weighted by atomic mass is 10.1. The number of thiol groups is 1. The molecule has 0 saturated carbocycles. The number of nitrogens with zero attached hydrogens (tertiary/aromatic N) is 1. The van der Waals surface area contributed by atoms with E-state index < -0.39 is 10.9 Å². The van der Waals surface area contributed by atoms with E-state index in [1.165, 1.54) is 36.4 Å². The first kappa shape index (κ1) is 16.0. The molecule has 0 bridgehead atoms. The van der Waals surface area contributed by atoms with Crippen molar-refractivity contribution in [2.75, 3.05) is 10.8 Å². The molecule has 0 saturated heterocycles. The number of anilines is 1. The van der Waals surface area contributed by atoms with Crippen LogP contribution in [0.1, 0.15) is 51.9 Å². The van der Waals surface area contributed by atoms with Crippen molar-refractivity contribution in [3.05, 3.63) is 30.3 Å². The average molecular weight is 283 g/mol. The third kappa shape index (κ3) is 6.62. The molecule has 19 heavy (non-hydrogen) atoms. The molecule has 0 heterocycles. The van der Waals surface area contributed by atoms with Crippen molar-refractivity contribution in [1.82, 2.24) is 0 Å². The molecule has 0 spiro atoms. The largest absolute Gasteiger partial charge is 0.272 e. The van der Waals surface area contributed by atoms with Crippen molar-refractivity contribution >= 4 is 16.6 Å². The van der Waals surface area contributed by atoms with Crippen LogP contribution in [-0.4, -0.2) is 15.0 Å². The zero-order chi connectivity index (χ0) is 13.9. The van der Waals surface area contributed by atoms with Gasteiger partial charge in [0.25, 0.3) is 0 Å². The second kappa shape index (κ2) is 9.84. The summed E-state index contributed by atoms with van der Waals surface area (Å²) < 4.78 is 24.0. The zero-order valence-electron chi connectivity index (χ0n) is 11.8. The lowest BCUT2D eigenvalue weighted by Crippen LogP contribution is -2.22. The molecule has 0 unspecified atom stereocenters. The molecule has 0 aliphatic carbocycles. The van der Waals surface area contributed by atoms with Gasteiger partial charge in [0.15, 0.2) is 0 Å². The molecular weight excluding hydrogens is 258 g/mol. The van der Waals surface area contributed by atoms with Gasteiger partial charge >= 0.3 is 0 Å². The van der Waals surface area contributed by atoms with Gasteiger partial charge in [-0.2, -0.15) is 0 Å². The molecule has 1 aromatic rings. The Balaban J connectivity index is 2.28. The first-order valence-electron chi connectivity index (χ1n) is 7.22. The van der Waals surface area contributed by atoms with Crippen molar-refractivity contribution in [3.8, 4) is 0 Å². The maximum Gasteiger partial charge on any atom is 0.225 e. The summed E-state index contributed by atoms with van der Waals surface area (Å²) >= 11 is 0. The van der Waals surface area contributed by atoms with Crippen molar-refractivity contribution in [2.45, 2.75) is 51.9 Å². The highest BCUT2D eigenvalue weighted by atomic mass is 32.2. The standard InChI is InChI=1S/C15H25NO2S/c1-2-3-4-5-6-7-11-14-16(19(17)18)15-12-9-8-10-13-15/h8-10,12-13,19H,2-7,11,14H2,1H3. The molecule has 0 amide bonds. The molecule has 1 rings (SSSR count). The van der Waals surface area contributed by atoms with E-state index in [0.717, 1.165) is 18.5 Å². The van der Waals surface area contributed by atoms with E-state index in [1.54, 1.807) is 0 Å². The van der Waals surface area contributed by atoms with Crippen LogP contribution in [0.2, 0.25) is 0 Å².